The van der Waals surface area contributed by atoms with Crippen LogP contribution in [-0.2, 0) is 11.2 Å². The largest absolute Gasteiger partial charge is 0.464 e. The van der Waals surface area contributed by atoms with Crippen molar-refractivity contribution in [1.82, 2.24) is 10.3 Å². The van der Waals surface area contributed by atoms with Crippen LogP contribution < -0.4 is 10.2 Å². The fourth-order valence-corrected chi connectivity index (χ4v) is 2.82. The Morgan fingerprint density at radius 3 is 2.58 bits per heavy atom. The van der Waals surface area contributed by atoms with Crippen molar-refractivity contribution in [3.63, 3.8) is 0 Å². The van der Waals surface area contributed by atoms with E-state index in [1.54, 1.807) is 6.92 Å². The molecule has 0 atom stereocenters. The quantitative estimate of drug-likeness (QED) is 0.554. The van der Waals surface area contributed by atoms with Gasteiger partial charge in [0.15, 0.2) is 0 Å². The van der Waals surface area contributed by atoms with Gasteiger partial charge in [-0.2, -0.15) is 6.92 Å². The summed E-state index contributed by atoms with van der Waals surface area (Å²) >= 11 is 0. The summed E-state index contributed by atoms with van der Waals surface area (Å²) in [6, 6.07) is 3.52. The number of aromatic nitrogens is 1. The third-order valence-electron chi connectivity index (χ3n) is 3.93. The minimum absolute atomic E-state index is 0. The summed E-state index contributed by atoms with van der Waals surface area (Å²) in [4.78, 5) is 16.9. The second-order valence-electron chi connectivity index (χ2n) is 6.22. The first-order valence-electron chi connectivity index (χ1n) is 8.74. The first-order chi connectivity index (χ1) is 11.0. The van der Waals surface area contributed by atoms with Gasteiger partial charge in [-0.25, -0.2) is 6.04 Å². The van der Waals surface area contributed by atoms with Crippen molar-refractivity contribution in [3.8, 4) is 0 Å². The number of pyridine rings is 1. The SMILES string of the molecule is CCCC(C)=O.CCCc1c(N2CCN[C-](C)C2)ccnc1C.[Cm]. The van der Waals surface area contributed by atoms with E-state index >= 15 is 0 Å². The molecule has 1 aromatic rings. The van der Waals surface area contributed by atoms with Crippen molar-refractivity contribution in [1.29, 1.82) is 0 Å². The molecule has 1 aromatic heterocycles. The number of piperazine rings is 1. The van der Waals surface area contributed by atoms with Gasteiger partial charge in [-0.3, -0.25) is 4.98 Å². The molecule has 1 aliphatic heterocycles. The van der Waals surface area contributed by atoms with Crippen LogP contribution >= 0.6 is 0 Å². The van der Waals surface area contributed by atoms with Gasteiger partial charge >= 0.3 is 0 Å². The van der Waals surface area contributed by atoms with E-state index in [-0.39, 0.29) is 5.78 Å². The molecule has 0 bridgehead atoms. The number of hydrogen-bond acceptors (Lipinski definition) is 4. The minimum Gasteiger partial charge on any atom is -0.464 e. The molecule has 0 aromatic carbocycles. The average Bonchev–Trinajstić information content (AvgIpc) is 2.50. The van der Waals surface area contributed by atoms with E-state index in [9.17, 15) is 4.79 Å². The molecule has 0 amide bonds. The summed E-state index contributed by atoms with van der Waals surface area (Å²) in [5.41, 5.74) is 3.98. The Labute approximate surface area is 141 Å². The molecule has 0 spiro atoms. The Morgan fingerprint density at radius 2 is 2.08 bits per heavy atom. The second-order valence-corrected chi connectivity index (χ2v) is 6.22. The Morgan fingerprint density at radius 1 is 1.38 bits per heavy atom. The number of hydrogen-bond donors (Lipinski definition) is 1. The van der Waals surface area contributed by atoms with Crippen LogP contribution in [0.5, 0.6) is 0 Å². The number of rotatable bonds is 5. The van der Waals surface area contributed by atoms with Crippen LogP contribution in [0.4, 0.5) is 5.69 Å². The molecule has 1 saturated heterocycles. The molecule has 1 fully saturated rings. The number of carbonyl (C=O) groups is 1. The Bertz CT molecular complexity index is 494. The molecule has 24 heavy (non-hydrogen) atoms. The fourth-order valence-electron chi connectivity index (χ4n) is 2.82. The van der Waals surface area contributed by atoms with Crippen LogP contribution in [0.3, 0.4) is 0 Å². The van der Waals surface area contributed by atoms with Crippen molar-refractivity contribution >= 4 is 11.5 Å². The third-order valence-corrected chi connectivity index (χ3v) is 3.93. The van der Waals surface area contributed by atoms with Crippen molar-refractivity contribution in [2.24, 2.45) is 0 Å². The molecule has 0 unspecified atom stereocenters. The number of ketones is 1. The maximum atomic E-state index is 10.0. The number of carbonyl (C=O) groups excluding carboxylic acids is 1. The van der Waals surface area contributed by atoms with E-state index in [0.717, 1.165) is 38.9 Å². The predicted octanol–water partition coefficient (Wildman–Crippen LogP) is 3.68. The van der Waals surface area contributed by atoms with Crippen LogP contribution in [0.2, 0.25) is 0 Å². The summed E-state index contributed by atoms with van der Waals surface area (Å²) in [5.74, 6) is 0.289. The molecular formula is C19H32CmN3O-. The molecule has 2 heterocycles. The third kappa shape index (κ3) is 6.78. The van der Waals surface area contributed by atoms with Crippen molar-refractivity contribution in [2.75, 3.05) is 24.5 Å². The molecule has 5 heteroatoms. The van der Waals surface area contributed by atoms with Gasteiger partial charge in [0.1, 0.15) is 5.78 Å². The normalized spacial score (nSPS) is 14.5. The van der Waals surface area contributed by atoms with Crippen molar-refractivity contribution in [3.05, 3.63) is 29.6 Å². The van der Waals surface area contributed by atoms with E-state index in [2.05, 4.69) is 42.0 Å². The standard InChI is InChI=1S/C14H22N3.C5H10O.Cm/c1-4-5-13-12(3)16-7-6-14(13)17-9-8-15-11(2)10-17;1-3-4-5(2)6;/h6-7,15H,4-5,8-10H2,1-3H3;3-4H2,1-2H3;/q-1;;. The van der Waals surface area contributed by atoms with Gasteiger partial charge in [-0.05, 0) is 44.9 Å². The van der Waals surface area contributed by atoms with Gasteiger partial charge in [0, 0.05) is 30.5 Å². The first-order valence-corrected chi connectivity index (χ1v) is 8.74. The van der Waals surface area contributed by atoms with Gasteiger partial charge in [0.05, 0.1) is 0 Å². The van der Waals surface area contributed by atoms with Crippen molar-refractivity contribution in [2.45, 2.75) is 60.3 Å². The maximum Gasteiger partial charge on any atom is 0.129 e. The molecule has 138 valence electrons. The van der Waals surface area contributed by atoms with Crippen LogP contribution in [0.15, 0.2) is 12.3 Å². The maximum absolute atomic E-state index is 10.0. The molecule has 1 aliphatic rings. The zero-order chi connectivity index (χ0) is 17.2. The van der Waals surface area contributed by atoms with Gasteiger partial charge in [-0.1, -0.05) is 26.8 Å². The second kappa shape index (κ2) is 11.2. The van der Waals surface area contributed by atoms with Crippen molar-refractivity contribution < 1.29 is 4.79 Å². The van der Waals surface area contributed by atoms with Gasteiger partial charge < -0.3 is 15.0 Å². The molecule has 1 N–H and O–H groups in total. The van der Waals surface area contributed by atoms with E-state index in [1.165, 1.54) is 29.4 Å². The van der Waals surface area contributed by atoms with E-state index in [4.69, 9.17) is 0 Å². The molecule has 0 saturated carbocycles. The van der Waals surface area contributed by atoms with Gasteiger partial charge in [-0.15, -0.1) is 0 Å². The van der Waals surface area contributed by atoms with Crippen LogP contribution in [0.25, 0.3) is 0 Å². The van der Waals surface area contributed by atoms with Crippen LogP contribution in [0.1, 0.15) is 58.2 Å². The summed E-state index contributed by atoms with van der Waals surface area (Å²) in [7, 11) is 0. The van der Waals surface area contributed by atoms with E-state index in [1.807, 2.05) is 13.1 Å². The van der Waals surface area contributed by atoms with Gasteiger partial charge in [0.2, 0.25) is 0 Å². The summed E-state index contributed by atoms with van der Waals surface area (Å²) in [6.45, 7) is 13.3. The average molecular weight is 565 g/mol. The number of aryl methyl sites for hydroxylation is 1. The minimum atomic E-state index is 0. The topological polar surface area (TPSA) is 45.2 Å². The number of Topliss-reactive ketones (excluding diaryl/α,β-unsaturated/α-hetero) is 1. The van der Waals surface area contributed by atoms with E-state index in [0.29, 0.717) is 0 Å². The molecule has 0 radical (unpaired) electrons. The predicted molar refractivity (Wildman–Crippen MR) is 97.7 cm³/mol. The van der Waals surface area contributed by atoms with E-state index < -0.39 is 0 Å². The fraction of sp³-hybridized carbons (Fsp3) is 0.632. The Balaban J connectivity index is 0.000000655. The molecule has 0 aliphatic carbocycles. The Kier molecular flexibility index (Phi) is 10.0. The summed E-state index contributed by atoms with van der Waals surface area (Å²) in [5, 5.41) is 3.41. The number of nitrogens with one attached hydrogen (secondary N) is 1. The smallest absolute Gasteiger partial charge is 0.129 e. The number of nitrogens with zero attached hydrogens (tertiary/aromatic N) is 2. The first kappa shape index (κ1) is 21.6. The zero-order valence-electron chi connectivity index (χ0n) is 15.8. The number of anilines is 1. The molecular weight excluding hydrogens is 533 g/mol. The van der Waals surface area contributed by atoms with Crippen LogP contribution in [-0.4, -0.2) is 30.4 Å². The summed E-state index contributed by atoms with van der Waals surface area (Å²) in [6.07, 6.45) is 5.95. The summed E-state index contributed by atoms with van der Waals surface area (Å²) < 4.78 is 0. The Hall–Kier alpha value is -2.42. The monoisotopic (exact) mass is 561 g/mol. The van der Waals surface area contributed by atoms with Gasteiger partial charge in [0.25, 0.3) is 0 Å². The molecule has 2 rings (SSSR count). The van der Waals surface area contributed by atoms with Crippen LogP contribution in [0, 0.1) is 13.0 Å². The molecule has 4 nitrogen and oxygen atoms in total. The zero-order valence-corrected chi connectivity index (χ0v) is 18.7.